The molecule has 20 heavy (non-hydrogen) atoms. The van der Waals surface area contributed by atoms with Crippen LogP contribution in [0, 0.1) is 5.95 Å². The summed E-state index contributed by atoms with van der Waals surface area (Å²) >= 11 is 3.23. The first-order chi connectivity index (χ1) is 9.60. The van der Waals surface area contributed by atoms with Crippen LogP contribution in [0.15, 0.2) is 28.2 Å². The maximum Gasteiger partial charge on any atom is 0.261 e. The summed E-state index contributed by atoms with van der Waals surface area (Å²) in [5, 5.41) is 11.4. The molecular formula is C11H12BrFN6O. The maximum absolute atomic E-state index is 13.6. The van der Waals surface area contributed by atoms with Crippen molar-refractivity contribution in [3.63, 3.8) is 0 Å². The van der Waals surface area contributed by atoms with E-state index in [2.05, 4.69) is 36.7 Å². The normalized spacial score (nSPS) is 11.2. The lowest BCUT2D eigenvalue weighted by atomic mass is 10.4. The number of amides is 1. The number of nitrogens with one attached hydrogen (secondary N) is 1. The van der Waals surface area contributed by atoms with E-state index in [1.165, 1.54) is 21.8 Å². The van der Waals surface area contributed by atoms with E-state index >= 15 is 0 Å². The largest absolute Gasteiger partial charge is 0.271 e. The fraction of sp³-hybridized carbons (Fsp3) is 0.273. The number of nitrogens with zero attached hydrogens (tertiary/aromatic N) is 5. The number of hydrogen-bond acceptors (Lipinski definition) is 4. The number of aromatic nitrogens is 4. The molecule has 0 atom stereocenters. The number of hydrogen-bond donors (Lipinski definition) is 1. The van der Waals surface area contributed by atoms with Gasteiger partial charge in [0.25, 0.3) is 5.91 Å². The lowest BCUT2D eigenvalue weighted by Gasteiger charge is -1.99. The Kier molecular flexibility index (Phi) is 4.61. The Bertz CT molecular complexity index is 635. The minimum Gasteiger partial charge on any atom is -0.271 e. The molecule has 7 nitrogen and oxygen atoms in total. The van der Waals surface area contributed by atoms with Gasteiger partial charge >= 0.3 is 0 Å². The molecule has 0 saturated carbocycles. The van der Waals surface area contributed by atoms with Crippen LogP contribution in [0.1, 0.15) is 12.5 Å². The molecule has 0 aliphatic heterocycles. The fourth-order valence-electron chi connectivity index (χ4n) is 1.47. The van der Waals surface area contributed by atoms with Gasteiger partial charge in [0, 0.05) is 12.7 Å². The van der Waals surface area contributed by atoms with E-state index in [0.717, 1.165) is 4.47 Å². The van der Waals surface area contributed by atoms with Crippen molar-refractivity contribution in [3.05, 3.63) is 34.6 Å². The number of hydrazone groups is 1. The highest BCUT2D eigenvalue weighted by molar-refractivity contribution is 9.10. The van der Waals surface area contributed by atoms with Crippen LogP contribution in [-0.4, -0.2) is 31.7 Å². The minimum absolute atomic E-state index is 0.0274. The molecule has 0 aliphatic rings. The van der Waals surface area contributed by atoms with E-state index < -0.39 is 5.95 Å². The second-order valence-electron chi connectivity index (χ2n) is 3.86. The van der Waals surface area contributed by atoms with E-state index in [-0.39, 0.29) is 18.0 Å². The summed E-state index contributed by atoms with van der Waals surface area (Å²) in [6, 6.07) is 0. The zero-order chi connectivity index (χ0) is 14.5. The molecule has 1 N–H and O–H groups in total. The molecular weight excluding hydrogens is 331 g/mol. The summed E-state index contributed by atoms with van der Waals surface area (Å²) in [5.74, 6) is -0.846. The van der Waals surface area contributed by atoms with Gasteiger partial charge < -0.3 is 0 Å². The predicted octanol–water partition coefficient (Wildman–Crippen LogP) is 1.15. The molecule has 9 heteroatoms. The molecule has 0 radical (unpaired) electrons. The molecule has 0 aliphatic carbocycles. The highest BCUT2D eigenvalue weighted by Crippen LogP contribution is 2.05. The Hall–Kier alpha value is -2.03. The predicted molar refractivity (Wildman–Crippen MR) is 73.5 cm³/mol. The molecule has 106 valence electrons. The molecule has 0 saturated heterocycles. The summed E-state index contributed by atoms with van der Waals surface area (Å²) in [6.45, 7) is 2.24. The van der Waals surface area contributed by atoms with Crippen molar-refractivity contribution in [3.8, 4) is 0 Å². The molecule has 2 heterocycles. The summed E-state index contributed by atoms with van der Waals surface area (Å²) in [6.07, 6.45) is 5.80. The maximum atomic E-state index is 13.6. The molecule has 2 aromatic rings. The van der Waals surface area contributed by atoms with Gasteiger partial charge in [0.15, 0.2) is 0 Å². The first-order valence-corrected chi connectivity index (χ1v) is 6.60. The van der Waals surface area contributed by atoms with Gasteiger partial charge in [0.1, 0.15) is 6.54 Å². The second kappa shape index (κ2) is 6.42. The van der Waals surface area contributed by atoms with Crippen LogP contribution >= 0.6 is 15.9 Å². The molecule has 0 bridgehead atoms. The van der Waals surface area contributed by atoms with Gasteiger partial charge in [-0.05, 0) is 22.9 Å². The Morgan fingerprint density at radius 1 is 1.55 bits per heavy atom. The molecule has 2 aromatic heterocycles. The number of aryl methyl sites for hydroxylation is 1. The highest BCUT2D eigenvalue weighted by atomic mass is 79.9. The smallest absolute Gasteiger partial charge is 0.261 e. The summed E-state index contributed by atoms with van der Waals surface area (Å²) in [5.41, 5.74) is 2.51. The third-order valence-electron chi connectivity index (χ3n) is 2.40. The van der Waals surface area contributed by atoms with Crippen LogP contribution in [0.5, 0.6) is 0 Å². The zero-order valence-electron chi connectivity index (χ0n) is 10.6. The fourth-order valence-corrected chi connectivity index (χ4v) is 1.80. The third-order valence-corrected chi connectivity index (χ3v) is 2.81. The number of rotatable bonds is 5. The van der Waals surface area contributed by atoms with Crippen LogP contribution in [0.25, 0.3) is 0 Å². The molecule has 1 amide bonds. The molecule has 0 unspecified atom stereocenters. The van der Waals surface area contributed by atoms with Crippen molar-refractivity contribution >= 4 is 28.1 Å². The average molecular weight is 343 g/mol. The summed E-state index contributed by atoms with van der Waals surface area (Å²) in [4.78, 5) is 11.5. The van der Waals surface area contributed by atoms with E-state index in [0.29, 0.717) is 6.54 Å². The van der Waals surface area contributed by atoms with Crippen molar-refractivity contribution < 1.29 is 9.18 Å². The quantitative estimate of drug-likeness (QED) is 0.654. The van der Waals surface area contributed by atoms with Gasteiger partial charge in [-0.3, -0.25) is 9.48 Å². The van der Waals surface area contributed by atoms with Crippen molar-refractivity contribution in [2.45, 2.75) is 20.0 Å². The first kappa shape index (κ1) is 14.4. The van der Waals surface area contributed by atoms with Crippen molar-refractivity contribution in [1.82, 2.24) is 25.0 Å². The van der Waals surface area contributed by atoms with Gasteiger partial charge in [0.05, 0.1) is 28.6 Å². The lowest BCUT2D eigenvalue weighted by molar-refractivity contribution is -0.121. The molecule has 0 spiro atoms. The van der Waals surface area contributed by atoms with E-state index in [1.807, 2.05) is 0 Å². The van der Waals surface area contributed by atoms with Crippen molar-refractivity contribution in [1.29, 1.82) is 0 Å². The van der Waals surface area contributed by atoms with E-state index in [4.69, 9.17) is 0 Å². The van der Waals surface area contributed by atoms with Crippen LogP contribution in [-0.2, 0) is 17.9 Å². The van der Waals surface area contributed by atoms with Crippen molar-refractivity contribution in [2.24, 2.45) is 5.10 Å². The number of carbonyl (C=O) groups excluding carboxylic acids is 1. The highest BCUT2D eigenvalue weighted by Gasteiger charge is 2.07. The monoisotopic (exact) mass is 342 g/mol. The van der Waals surface area contributed by atoms with Crippen LogP contribution in [0.3, 0.4) is 0 Å². The minimum atomic E-state index is -0.485. The number of halogens is 2. The molecule has 0 fully saturated rings. The number of carbonyl (C=O) groups is 1. The summed E-state index contributed by atoms with van der Waals surface area (Å²) < 4.78 is 17.0. The van der Waals surface area contributed by atoms with Gasteiger partial charge in [-0.25, -0.2) is 10.1 Å². The van der Waals surface area contributed by atoms with Crippen LogP contribution < -0.4 is 5.43 Å². The van der Waals surface area contributed by atoms with E-state index in [1.54, 1.807) is 19.3 Å². The van der Waals surface area contributed by atoms with Crippen LogP contribution in [0.2, 0.25) is 0 Å². The SMILES string of the molecule is CCn1ncc(C=NNC(=O)Cn2cc(Br)cn2)c1F. The standard InChI is InChI=1S/C11H12BrFN6O/c1-2-19-11(13)8(4-16-19)3-14-17-10(20)7-18-6-9(12)5-15-18/h3-6H,2,7H2,1H3,(H,17,20). The Labute approximate surface area is 122 Å². The topological polar surface area (TPSA) is 77.1 Å². The molecule has 0 aromatic carbocycles. The second-order valence-corrected chi connectivity index (χ2v) is 4.77. The first-order valence-electron chi connectivity index (χ1n) is 5.81. The Morgan fingerprint density at radius 3 is 2.95 bits per heavy atom. The molecule has 2 rings (SSSR count). The van der Waals surface area contributed by atoms with Gasteiger partial charge in [-0.2, -0.15) is 19.7 Å². The van der Waals surface area contributed by atoms with Gasteiger partial charge in [-0.15, -0.1) is 0 Å². The Balaban J connectivity index is 1.89. The van der Waals surface area contributed by atoms with Gasteiger partial charge in [0.2, 0.25) is 5.95 Å². The van der Waals surface area contributed by atoms with Crippen molar-refractivity contribution in [2.75, 3.05) is 0 Å². The van der Waals surface area contributed by atoms with Crippen LogP contribution in [0.4, 0.5) is 4.39 Å². The third kappa shape index (κ3) is 3.50. The lowest BCUT2D eigenvalue weighted by Crippen LogP contribution is -2.23. The zero-order valence-corrected chi connectivity index (χ0v) is 12.2. The average Bonchev–Trinajstić information content (AvgIpc) is 2.97. The van der Waals surface area contributed by atoms with E-state index in [9.17, 15) is 9.18 Å². The van der Waals surface area contributed by atoms with Gasteiger partial charge in [-0.1, -0.05) is 0 Å². The summed E-state index contributed by atoms with van der Waals surface area (Å²) in [7, 11) is 0. The Morgan fingerprint density at radius 2 is 2.35 bits per heavy atom.